The van der Waals surface area contributed by atoms with Crippen molar-refractivity contribution >= 4 is 29.3 Å². The number of hydrogen-bond acceptors (Lipinski definition) is 6. The Hall–Kier alpha value is -3.07. The highest BCUT2D eigenvalue weighted by Gasteiger charge is 2.26. The van der Waals surface area contributed by atoms with Crippen LogP contribution >= 0.6 is 11.8 Å². The summed E-state index contributed by atoms with van der Waals surface area (Å²) in [6, 6.07) is 13.0. The van der Waals surface area contributed by atoms with Gasteiger partial charge in [0.05, 0.1) is 17.8 Å². The van der Waals surface area contributed by atoms with Crippen molar-refractivity contribution in [2.75, 3.05) is 12.9 Å². The molecule has 1 N–H and O–H groups in total. The zero-order valence-electron chi connectivity index (χ0n) is 18.7. The van der Waals surface area contributed by atoms with Gasteiger partial charge in [0.1, 0.15) is 11.8 Å². The van der Waals surface area contributed by atoms with Crippen LogP contribution < -0.4 is 10.1 Å². The van der Waals surface area contributed by atoms with Crippen LogP contribution in [0.15, 0.2) is 48.5 Å². The van der Waals surface area contributed by atoms with Gasteiger partial charge < -0.3 is 15.0 Å². The number of nitrogens with one attached hydrogen (secondary N) is 1. The van der Waals surface area contributed by atoms with E-state index in [1.807, 2.05) is 38.1 Å². The molecule has 0 spiro atoms. The largest absolute Gasteiger partial charge is 0.497 e. The summed E-state index contributed by atoms with van der Waals surface area (Å²) in [4.78, 5) is 37.6. The van der Waals surface area contributed by atoms with Gasteiger partial charge in [-0.15, -0.1) is 11.8 Å². The SMILES string of the molecule is COc1cccc(CN(C(=O)CSCc2ccc([N+](=O)[O-])cc2)[C@H](C)C(=O)NC(C)C)c1. The molecule has 0 aliphatic rings. The minimum Gasteiger partial charge on any atom is -0.497 e. The average molecular weight is 460 g/mol. The number of ether oxygens (including phenoxy) is 1. The standard InChI is InChI=1S/C23H29N3O5S/c1-16(2)24-23(28)17(3)25(13-19-6-5-7-21(12-19)31-4)22(27)15-32-14-18-8-10-20(11-9-18)26(29)30/h5-12,16-17H,13-15H2,1-4H3,(H,24,28)/t17-/m1/s1. The van der Waals surface area contributed by atoms with Gasteiger partial charge in [0.2, 0.25) is 11.8 Å². The van der Waals surface area contributed by atoms with Crippen LogP contribution in [0, 0.1) is 10.1 Å². The number of thioether (sulfide) groups is 1. The third-order valence-corrected chi connectivity index (χ3v) is 5.72. The molecule has 0 bridgehead atoms. The number of rotatable bonds is 11. The van der Waals surface area contributed by atoms with Gasteiger partial charge in [0.15, 0.2) is 0 Å². The molecule has 0 fully saturated rings. The molecule has 0 aliphatic carbocycles. The maximum absolute atomic E-state index is 13.1. The van der Waals surface area contributed by atoms with Crippen LogP contribution in [0.2, 0.25) is 0 Å². The van der Waals surface area contributed by atoms with E-state index in [0.29, 0.717) is 11.5 Å². The van der Waals surface area contributed by atoms with Gasteiger partial charge in [-0.05, 0) is 44.0 Å². The zero-order valence-corrected chi connectivity index (χ0v) is 19.6. The highest BCUT2D eigenvalue weighted by Crippen LogP contribution is 2.20. The Bertz CT molecular complexity index is 933. The Labute approximate surface area is 192 Å². The second-order valence-corrected chi connectivity index (χ2v) is 8.61. The fraction of sp³-hybridized carbons (Fsp3) is 0.391. The lowest BCUT2D eigenvalue weighted by Crippen LogP contribution is -2.49. The molecule has 0 aromatic heterocycles. The molecule has 2 aromatic carbocycles. The smallest absolute Gasteiger partial charge is 0.269 e. The average Bonchev–Trinajstić information content (AvgIpc) is 2.76. The number of nitro benzene ring substituents is 1. The zero-order chi connectivity index (χ0) is 23.7. The molecule has 0 radical (unpaired) electrons. The van der Waals surface area contributed by atoms with E-state index in [4.69, 9.17) is 4.74 Å². The lowest BCUT2D eigenvalue weighted by atomic mass is 10.1. The number of methoxy groups -OCH3 is 1. The highest BCUT2D eigenvalue weighted by molar-refractivity contribution is 7.99. The maximum atomic E-state index is 13.1. The minimum absolute atomic E-state index is 0.0317. The van der Waals surface area contributed by atoms with Gasteiger partial charge in [-0.3, -0.25) is 19.7 Å². The van der Waals surface area contributed by atoms with Crippen molar-refractivity contribution in [1.29, 1.82) is 0 Å². The van der Waals surface area contributed by atoms with E-state index in [1.165, 1.54) is 23.9 Å². The molecule has 1 atom stereocenters. The first-order valence-electron chi connectivity index (χ1n) is 10.2. The second kappa shape index (κ2) is 12.1. The van der Waals surface area contributed by atoms with Gasteiger partial charge in [-0.2, -0.15) is 0 Å². The van der Waals surface area contributed by atoms with Crippen LogP contribution in [-0.4, -0.2) is 46.6 Å². The van der Waals surface area contributed by atoms with Crippen molar-refractivity contribution < 1.29 is 19.2 Å². The Morgan fingerprint density at radius 2 is 1.81 bits per heavy atom. The lowest BCUT2D eigenvalue weighted by Gasteiger charge is -2.29. The molecule has 0 aliphatic heterocycles. The summed E-state index contributed by atoms with van der Waals surface area (Å²) < 4.78 is 5.27. The summed E-state index contributed by atoms with van der Waals surface area (Å²) in [7, 11) is 1.58. The summed E-state index contributed by atoms with van der Waals surface area (Å²) in [6.07, 6.45) is 0. The number of benzene rings is 2. The van der Waals surface area contributed by atoms with Gasteiger partial charge in [0.25, 0.3) is 5.69 Å². The van der Waals surface area contributed by atoms with Crippen LogP contribution in [0.5, 0.6) is 5.75 Å². The molecule has 8 nitrogen and oxygen atoms in total. The van der Waals surface area contributed by atoms with Crippen LogP contribution in [0.3, 0.4) is 0 Å². The predicted octanol–water partition coefficient (Wildman–Crippen LogP) is 3.78. The quantitative estimate of drug-likeness (QED) is 0.405. The summed E-state index contributed by atoms with van der Waals surface area (Å²) in [5.41, 5.74) is 1.78. The van der Waals surface area contributed by atoms with E-state index in [2.05, 4.69) is 5.32 Å². The first kappa shape index (κ1) is 25.2. The number of hydrogen-bond donors (Lipinski definition) is 1. The first-order valence-corrected chi connectivity index (χ1v) is 11.4. The van der Waals surface area contributed by atoms with Crippen molar-refractivity contribution in [3.8, 4) is 5.75 Å². The Morgan fingerprint density at radius 3 is 2.41 bits per heavy atom. The van der Waals surface area contributed by atoms with E-state index >= 15 is 0 Å². The van der Waals surface area contributed by atoms with Gasteiger partial charge in [-0.25, -0.2) is 0 Å². The van der Waals surface area contributed by atoms with Crippen LogP contribution in [0.4, 0.5) is 5.69 Å². The minimum atomic E-state index is -0.643. The van der Waals surface area contributed by atoms with Crippen molar-refractivity contribution in [3.63, 3.8) is 0 Å². The summed E-state index contributed by atoms with van der Waals surface area (Å²) in [6.45, 7) is 5.75. The van der Waals surface area contributed by atoms with Crippen LogP contribution in [-0.2, 0) is 21.9 Å². The topological polar surface area (TPSA) is 102 Å². The predicted molar refractivity (Wildman–Crippen MR) is 126 cm³/mol. The molecule has 32 heavy (non-hydrogen) atoms. The van der Waals surface area contributed by atoms with E-state index in [1.54, 1.807) is 31.1 Å². The van der Waals surface area contributed by atoms with Gasteiger partial charge >= 0.3 is 0 Å². The van der Waals surface area contributed by atoms with E-state index in [9.17, 15) is 19.7 Å². The fourth-order valence-corrected chi connectivity index (χ4v) is 3.88. The summed E-state index contributed by atoms with van der Waals surface area (Å²) in [5.74, 6) is 1.02. The van der Waals surface area contributed by atoms with Crippen LogP contribution in [0.25, 0.3) is 0 Å². The molecule has 0 heterocycles. The summed E-state index contributed by atoms with van der Waals surface area (Å²) >= 11 is 1.40. The number of carbonyl (C=O) groups excluding carboxylic acids is 2. The van der Waals surface area contributed by atoms with Gasteiger partial charge in [0, 0.05) is 30.5 Å². The molecule has 0 unspecified atom stereocenters. The molecule has 0 saturated heterocycles. The normalized spacial score (nSPS) is 11.7. The highest BCUT2D eigenvalue weighted by atomic mass is 32.2. The monoisotopic (exact) mass is 459 g/mol. The third-order valence-electron chi connectivity index (χ3n) is 4.73. The second-order valence-electron chi connectivity index (χ2n) is 7.63. The molecule has 0 saturated carbocycles. The summed E-state index contributed by atoms with van der Waals surface area (Å²) in [5, 5.41) is 13.6. The fourth-order valence-electron chi connectivity index (χ4n) is 3.01. The molecule has 2 aromatic rings. The van der Waals surface area contributed by atoms with Crippen molar-refractivity contribution in [2.45, 2.75) is 45.2 Å². The number of non-ortho nitro benzene ring substituents is 1. The van der Waals surface area contributed by atoms with Gasteiger partial charge in [-0.1, -0.05) is 24.3 Å². The lowest BCUT2D eigenvalue weighted by molar-refractivity contribution is -0.384. The Balaban J connectivity index is 2.08. The number of amides is 2. The van der Waals surface area contributed by atoms with Crippen molar-refractivity contribution in [1.82, 2.24) is 10.2 Å². The number of nitrogens with zero attached hydrogens (tertiary/aromatic N) is 2. The van der Waals surface area contributed by atoms with Crippen molar-refractivity contribution in [2.24, 2.45) is 0 Å². The molecular weight excluding hydrogens is 430 g/mol. The molecule has 2 rings (SSSR count). The van der Waals surface area contributed by atoms with E-state index in [0.717, 1.165) is 11.1 Å². The van der Waals surface area contributed by atoms with E-state index < -0.39 is 11.0 Å². The molecule has 172 valence electrons. The van der Waals surface area contributed by atoms with Crippen LogP contribution in [0.1, 0.15) is 31.9 Å². The molecule has 9 heteroatoms. The Morgan fingerprint density at radius 1 is 1.12 bits per heavy atom. The van der Waals surface area contributed by atoms with Crippen molar-refractivity contribution in [3.05, 3.63) is 69.8 Å². The molecular formula is C23H29N3O5S. The van der Waals surface area contributed by atoms with E-state index in [-0.39, 0.29) is 35.8 Å². The first-order chi connectivity index (χ1) is 15.2. The third kappa shape index (κ3) is 7.56. The number of nitro groups is 1. The Kier molecular flexibility index (Phi) is 9.52. The molecule has 2 amide bonds. The number of carbonyl (C=O) groups is 2. The maximum Gasteiger partial charge on any atom is 0.269 e.